The lowest BCUT2D eigenvalue weighted by molar-refractivity contribution is 0.373. The fraction of sp³-hybridized carbons (Fsp3) is 0.286. The molecule has 0 saturated heterocycles. The molecule has 0 aliphatic rings. The fourth-order valence-corrected chi connectivity index (χ4v) is 1.16. The number of hydrogen-bond acceptors (Lipinski definition) is 5. The Kier molecular flexibility index (Phi) is 2.47. The lowest BCUT2D eigenvalue weighted by atomic mass is 10.6. The van der Waals surface area contributed by atoms with Crippen molar-refractivity contribution in [1.29, 1.82) is 0 Å². The van der Waals surface area contributed by atoms with Gasteiger partial charge in [0.05, 0.1) is 17.8 Å². The standard InChI is InChI=1S/C7H8ClN5O/c8-5-2-10-13(3-5)4-6-11-7(1-9)14-12-6/h2-3H,1,4,9H2. The van der Waals surface area contributed by atoms with E-state index in [0.717, 1.165) is 0 Å². The van der Waals surface area contributed by atoms with Crippen molar-refractivity contribution in [2.45, 2.75) is 13.1 Å². The van der Waals surface area contributed by atoms with Gasteiger partial charge in [-0.3, -0.25) is 4.68 Å². The van der Waals surface area contributed by atoms with Crippen LogP contribution in [0.5, 0.6) is 0 Å². The molecular weight excluding hydrogens is 206 g/mol. The molecule has 0 unspecified atom stereocenters. The van der Waals surface area contributed by atoms with E-state index in [1.165, 1.54) is 0 Å². The Bertz CT molecular complexity index is 423. The third-order valence-corrected chi connectivity index (χ3v) is 1.79. The van der Waals surface area contributed by atoms with Crippen molar-refractivity contribution in [3.63, 3.8) is 0 Å². The van der Waals surface area contributed by atoms with Crippen molar-refractivity contribution >= 4 is 11.6 Å². The van der Waals surface area contributed by atoms with E-state index in [1.54, 1.807) is 17.1 Å². The highest BCUT2D eigenvalue weighted by Gasteiger charge is 2.05. The van der Waals surface area contributed by atoms with Crippen molar-refractivity contribution in [3.05, 3.63) is 29.1 Å². The second kappa shape index (κ2) is 3.77. The maximum atomic E-state index is 5.69. The molecule has 74 valence electrons. The molecule has 2 heterocycles. The summed E-state index contributed by atoms with van der Waals surface area (Å²) < 4.78 is 6.45. The number of nitrogens with zero attached hydrogens (tertiary/aromatic N) is 4. The number of nitrogens with two attached hydrogens (primary N) is 1. The smallest absolute Gasteiger partial charge is 0.240 e. The molecule has 0 spiro atoms. The van der Waals surface area contributed by atoms with Crippen LogP contribution < -0.4 is 5.73 Å². The van der Waals surface area contributed by atoms with E-state index < -0.39 is 0 Å². The summed E-state index contributed by atoms with van der Waals surface area (Å²) in [5.74, 6) is 0.948. The van der Waals surface area contributed by atoms with Crippen molar-refractivity contribution in [2.75, 3.05) is 0 Å². The third kappa shape index (κ3) is 1.91. The molecule has 0 aliphatic heterocycles. The first-order valence-electron chi connectivity index (χ1n) is 3.97. The van der Waals surface area contributed by atoms with Crippen LogP contribution in [-0.4, -0.2) is 19.9 Å². The normalized spacial score (nSPS) is 10.7. The van der Waals surface area contributed by atoms with Crippen LogP contribution in [0, 0.1) is 0 Å². The van der Waals surface area contributed by atoms with Crippen LogP contribution in [0.1, 0.15) is 11.7 Å². The summed E-state index contributed by atoms with van der Waals surface area (Å²) >= 11 is 5.69. The minimum Gasteiger partial charge on any atom is -0.338 e. The molecule has 0 amide bonds. The molecule has 2 aromatic heterocycles. The van der Waals surface area contributed by atoms with E-state index in [4.69, 9.17) is 21.9 Å². The molecule has 0 aromatic carbocycles. The van der Waals surface area contributed by atoms with Crippen molar-refractivity contribution in [2.24, 2.45) is 5.73 Å². The van der Waals surface area contributed by atoms with Gasteiger partial charge in [-0.25, -0.2) is 0 Å². The Morgan fingerprint density at radius 3 is 3.00 bits per heavy atom. The molecule has 7 heteroatoms. The third-order valence-electron chi connectivity index (χ3n) is 1.59. The lowest BCUT2D eigenvalue weighted by Gasteiger charge is -1.92. The summed E-state index contributed by atoms with van der Waals surface area (Å²) in [6, 6.07) is 0. The Morgan fingerprint density at radius 1 is 1.57 bits per heavy atom. The zero-order valence-electron chi connectivity index (χ0n) is 7.22. The highest BCUT2D eigenvalue weighted by atomic mass is 35.5. The van der Waals surface area contributed by atoms with Crippen LogP contribution in [0.2, 0.25) is 5.02 Å². The predicted octanol–water partition coefficient (Wildman–Crippen LogP) is 0.426. The molecule has 14 heavy (non-hydrogen) atoms. The highest BCUT2D eigenvalue weighted by Crippen LogP contribution is 2.06. The van der Waals surface area contributed by atoms with Gasteiger partial charge in [0.1, 0.15) is 6.54 Å². The van der Waals surface area contributed by atoms with Crippen LogP contribution in [0.3, 0.4) is 0 Å². The average molecular weight is 214 g/mol. The van der Waals surface area contributed by atoms with Crippen molar-refractivity contribution < 1.29 is 4.52 Å². The predicted molar refractivity (Wildman–Crippen MR) is 48.5 cm³/mol. The van der Waals surface area contributed by atoms with Gasteiger partial charge in [-0.1, -0.05) is 16.8 Å². The molecular formula is C7H8ClN5O. The second-order valence-corrected chi connectivity index (χ2v) is 3.10. The number of aromatic nitrogens is 4. The van der Waals surface area contributed by atoms with Gasteiger partial charge >= 0.3 is 0 Å². The lowest BCUT2D eigenvalue weighted by Crippen LogP contribution is -2.02. The summed E-state index contributed by atoms with van der Waals surface area (Å²) in [6.07, 6.45) is 3.23. The summed E-state index contributed by atoms with van der Waals surface area (Å²) in [5, 5.41) is 8.28. The quantitative estimate of drug-likeness (QED) is 0.799. The first-order valence-corrected chi connectivity index (χ1v) is 4.35. The summed E-state index contributed by atoms with van der Waals surface area (Å²) in [6.45, 7) is 0.670. The molecule has 0 fully saturated rings. The Labute approximate surface area is 84.7 Å². The second-order valence-electron chi connectivity index (χ2n) is 2.66. The SMILES string of the molecule is NCc1nc(Cn2cc(Cl)cn2)no1. The number of rotatable bonds is 3. The van der Waals surface area contributed by atoms with Crippen LogP contribution >= 0.6 is 11.6 Å². The van der Waals surface area contributed by atoms with Gasteiger partial charge in [0.2, 0.25) is 5.89 Å². The Balaban J connectivity index is 2.10. The van der Waals surface area contributed by atoms with Gasteiger partial charge in [-0.15, -0.1) is 0 Å². The van der Waals surface area contributed by atoms with Crippen LogP contribution in [0.15, 0.2) is 16.9 Å². The van der Waals surface area contributed by atoms with E-state index in [-0.39, 0.29) is 6.54 Å². The van der Waals surface area contributed by atoms with Gasteiger partial charge in [-0.05, 0) is 0 Å². The molecule has 0 radical (unpaired) electrons. The summed E-state index contributed by atoms with van der Waals surface area (Å²) in [7, 11) is 0. The zero-order valence-corrected chi connectivity index (χ0v) is 7.98. The molecule has 2 N–H and O–H groups in total. The Morgan fingerprint density at radius 2 is 2.43 bits per heavy atom. The molecule has 6 nitrogen and oxygen atoms in total. The number of hydrogen-bond donors (Lipinski definition) is 1. The topological polar surface area (TPSA) is 82.8 Å². The van der Waals surface area contributed by atoms with Gasteiger partial charge in [0, 0.05) is 6.20 Å². The Hall–Kier alpha value is -1.40. The zero-order chi connectivity index (χ0) is 9.97. The van der Waals surface area contributed by atoms with E-state index in [9.17, 15) is 0 Å². The molecule has 0 saturated carbocycles. The van der Waals surface area contributed by atoms with Gasteiger partial charge in [0.15, 0.2) is 5.82 Å². The van der Waals surface area contributed by atoms with Gasteiger partial charge < -0.3 is 10.3 Å². The van der Waals surface area contributed by atoms with E-state index >= 15 is 0 Å². The van der Waals surface area contributed by atoms with Crippen LogP contribution in [-0.2, 0) is 13.1 Å². The monoisotopic (exact) mass is 213 g/mol. The van der Waals surface area contributed by atoms with Gasteiger partial charge in [-0.2, -0.15) is 10.1 Å². The fourth-order valence-electron chi connectivity index (χ4n) is 1.01. The molecule has 0 atom stereocenters. The first kappa shape index (κ1) is 9.17. The molecule has 2 aromatic rings. The summed E-state index contributed by atoms with van der Waals surface area (Å²) in [4.78, 5) is 4.03. The molecule has 2 rings (SSSR count). The van der Waals surface area contributed by atoms with Crippen LogP contribution in [0.25, 0.3) is 0 Å². The largest absolute Gasteiger partial charge is 0.338 e. The van der Waals surface area contributed by atoms with E-state index in [1.807, 2.05) is 0 Å². The summed E-state index contributed by atoms with van der Waals surface area (Å²) in [5.41, 5.74) is 5.32. The minimum absolute atomic E-state index is 0.243. The number of halogens is 1. The van der Waals surface area contributed by atoms with Gasteiger partial charge in [0.25, 0.3) is 0 Å². The van der Waals surface area contributed by atoms with Crippen molar-refractivity contribution in [3.8, 4) is 0 Å². The van der Waals surface area contributed by atoms with Crippen LogP contribution in [0.4, 0.5) is 0 Å². The minimum atomic E-state index is 0.243. The van der Waals surface area contributed by atoms with E-state index in [2.05, 4.69) is 15.2 Å². The maximum absolute atomic E-state index is 5.69. The maximum Gasteiger partial charge on any atom is 0.240 e. The first-order chi connectivity index (χ1) is 6.78. The average Bonchev–Trinajstić information content (AvgIpc) is 2.76. The highest BCUT2D eigenvalue weighted by molar-refractivity contribution is 6.30. The molecule has 0 bridgehead atoms. The molecule has 0 aliphatic carbocycles. The van der Waals surface area contributed by atoms with E-state index in [0.29, 0.717) is 23.3 Å². The van der Waals surface area contributed by atoms with Crippen molar-refractivity contribution in [1.82, 2.24) is 19.9 Å².